The van der Waals surface area contributed by atoms with Crippen molar-refractivity contribution < 1.29 is 9.21 Å². The number of aromatic nitrogens is 2. The van der Waals surface area contributed by atoms with Crippen LogP contribution in [0.4, 0.5) is 10.8 Å². The van der Waals surface area contributed by atoms with Gasteiger partial charge in [-0.05, 0) is 49.6 Å². The van der Waals surface area contributed by atoms with Crippen LogP contribution in [0.3, 0.4) is 0 Å². The Labute approximate surface area is 176 Å². The lowest BCUT2D eigenvalue weighted by molar-refractivity contribution is -0.116. The van der Waals surface area contributed by atoms with Crippen molar-refractivity contribution >= 4 is 49.4 Å². The number of nitrogens with zero attached hydrogens (tertiary/aromatic N) is 3. The number of benzene rings is 2. The maximum atomic E-state index is 12.4. The highest BCUT2D eigenvalue weighted by atomic mass is 32.1. The molecular weight excluding hydrogens is 400 g/mol. The van der Waals surface area contributed by atoms with Crippen LogP contribution in [0, 0.1) is 0 Å². The minimum Gasteiger partial charge on any atom is -0.408 e. The smallest absolute Gasteiger partial charge is 0.408 e. The van der Waals surface area contributed by atoms with Crippen LogP contribution in [0.2, 0.25) is 0 Å². The zero-order valence-corrected chi connectivity index (χ0v) is 17.3. The molecule has 5 rings (SSSR count). The van der Waals surface area contributed by atoms with Gasteiger partial charge in [0.05, 0.1) is 15.7 Å². The molecule has 0 spiro atoms. The van der Waals surface area contributed by atoms with Crippen LogP contribution in [0.1, 0.15) is 25.7 Å². The lowest BCUT2D eigenvalue weighted by Crippen LogP contribution is -2.17. The summed E-state index contributed by atoms with van der Waals surface area (Å²) in [4.78, 5) is 31.5. The summed E-state index contributed by atoms with van der Waals surface area (Å²) in [7, 11) is 0. The van der Waals surface area contributed by atoms with Gasteiger partial charge in [0.15, 0.2) is 10.7 Å². The predicted octanol–water partition coefficient (Wildman–Crippen LogP) is 4.22. The highest BCUT2D eigenvalue weighted by Gasteiger charge is 2.16. The van der Waals surface area contributed by atoms with Crippen molar-refractivity contribution in [3.05, 3.63) is 53.0 Å². The van der Waals surface area contributed by atoms with Crippen molar-refractivity contribution in [1.82, 2.24) is 9.55 Å². The van der Waals surface area contributed by atoms with Gasteiger partial charge in [-0.25, -0.2) is 9.78 Å². The van der Waals surface area contributed by atoms with E-state index in [0.717, 1.165) is 39.6 Å². The average Bonchev–Trinajstić information content (AvgIpc) is 3.46. The highest BCUT2D eigenvalue weighted by Crippen LogP contribution is 2.32. The van der Waals surface area contributed by atoms with Gasteiger partial charge in [-0.2, -0.15) is 0 Å². The van der Waals surface area contributed by atoms with E-state index in [2.05, 4.69) is 10.2 Å². The summed E-state index contributed by atoms with van der Waals surface area (Å²) in [5, 5.41) is 4.02. The van der Waals surface area contributed by atoms with E-state index in [1.165, 1.54) is 12.8 Å². The van der Waals surface area contributed by atoms with E-state index in [4.69, 9.17) is 9.40 Å². The molecule has 0 unspecified atom stereocenters. The van der Waals surface area contributed by atoms with Crippen molar-refractivity contribution in [2.24, 2.45) is 0 Å². The Morgan fingerprint density at radius 2 is 2.00 bits per heavy atom. The van der Waals surface area contributed by atoms with Crippen molar-refractivity contribution in [2.45, 2.75) is 32.2 Å². The number of carbonyl (C=O) groups is 1. The Hall–Kier alpha value is -3.13. The molecule has 0 bridgehead atoms. The van der Waals surface area contributed by atoms with E-state index < -0.39 is 0 Å². The van der Waals surface area contributed by atoms with E-state index in [1.807, 2.05) is 36.4 Å². The molecule has 30 heavy (non-hydrogen) atoms. The first-order chi connectivity index (χ1) is 14.7. The van der Waals surface area contributed by atoms with Crippen LogP contribution in [0.25, 0.3) is 21.3 Å². The van der Waals surface area contributed by atoms with Crippen LogP contribution < -0.4 is 16.0 Å². The van der Waals surface area contributed by atoms with Crippen molar-refractivity contribution in [3.8, 4) is 0 Å². The number of nitrogens with one attached hydrogen (secondary N) is 1. The second-order valence-electron chi connectivity index (χ2n) is 7.51. The first kappa shape index (κ1) is 18.9. The molecular formula is C22H22N4O3S. The Morgan fingerprint density at radius 1 is 1.17 bits per heavy atom. The molecule has 4 aromatic rings. The van der Waals surface area contributed by atoms with E-state index >= 15 is 0 Å². The Kier molecular flexibility index (Phi) is 5.00. The lowest BCUT2D eigenvalue weighted by atomic mass is 10.2. The number of carbonyl (C=O) groups excluding carboxylic acids is 1. The number of amides is 1. The zero-order valence-electron chi connectivity index (χ0n) is 16.5. The molecule has 2 aromatic carbocycles. The highest BCUT2D eigenvalue weighted by molar-refractivity contribution is 7.22. The topological polar surface area (TPSA) is 80.4 Å². The van der Waals surface area contributed by atoms with Gasteiger partial charge in [0.1, 0.15) is 0 Å². The van der Waals surface area contributed by atoms with Crippen molar-refractivity contribution in [1.29, 1.82) is 0 Å². The fourth-order valence-electron chi connectivity index (χ4n) is 3.88. The minimum absolute atomic E-state index is 0.0699. The second-order valence-corrected chi connectivity index (χ2v) is 8.52. The second kappa shape index (κ2) is 7.95. The zero-order chi connectivity index (χ0) is 20.5. The summed E-state index contributed by atoms with van der Waals surface area (Å²) < 4.78 is 7.88. The monoisotopic (exact) mass is 422 g/mol. The normalized spacial score (nSPS) is 14.1. The van der Waals surface area contributed by atoms with Crippen LogP contribution in [-0.4, -0.2) is 28.5 Å². The Balaban J connectivity index is 1.21. The largest absolute Gasteiger partial charge is 0.419 e. The summed E-state index contributed by atoms with van der Waals surface area (Å²) in [6.45, 7) is 2.58. The lowest BCUT2D eigenvalue weighted by Gasteiger charge is -2.11. The number of hydrogen-bond donors (Lipinski definition) is 1. The van der Waals surface area contributed by atoms with Crippen LogP contribution in [0.5, 0.6) is 0 Å². The number of aryl methyl sites for hydroxylation is 1. The maximum Gasteiger partial charge on any atom is 0.419 e. The molecule has 2 aromatic heterocycles. The summed E-state index contributed by atoms with van der Waals surface area (Å²) in [5.41, 5.74) is 3.06. The van der Waals surface area contributed by atoms with Gasteiger partial charge < -0.3 is 14.6 Å². The maximum absolute atomic E-state index is 12.4. The van der Waals surface area contributed by atoms with Crippen LogP contribution >= 0.6 is 11.3 Å². The molecule has 1 N–H and O–H groups in total. The predicted molar refractivity (Wildman–Crippen MR) is 119 cm³/mol. The number of fused-ring (bicyclic) bond motifs is 2. The third-order valence-corrected chi connectivity index (χ3v) is 6.48. The van der Waals surface area contributed by atoms with Crippen LogP contribution in [0.15, 0.2) is 51.7 Å². The third kappa shape index (κ3) is 3.70. The number of rotatable bonds is 6. The van der Waals surface area contributed by atoms with Gasteiger partial charge in [-0.15, -0.1) is 0 Å². The van der Waals surface area contributed by atoms with Gasteiger partial charge in [0, 0.05) is 31.7 Å². The average molecular weight is 423 g/mol. The molecule has 1 fully saturated rings. The fourth-order valence-corrected chi connectivity index (χ4v) is 4.94. The molecule has 0 radical (unpaired) electrons. The first-order valence-corrected chi connectivity index (χ1v) is 11.0. The van der Waals surface area contributed by atoms with Gasteiger partial charge >= 0.3 is 5.76 Å². The first-order valence-electron chi connectivity index (χ1n) is 10.2. The van der Waals surface area contributed by atoms with E-state index in [-0.39, 0.29) is 11.7 Å². The summed E-state index contributed by atoms with van der Waals surface area (Å²) >= 11 is 1.67. The quantitative estimate of drug-likeness (QED) is 0.503. The molecule has 1 aliphatic rings. The number of anilines is 2. The molecule has 0 aliphatic carbocycles. The van der Waals surface area contributed by atoms with Gasteiger partial charge in [-0.3, -0.25) is 9.36 Å². The molecule has 8 heteroatoms. The Bertz CT molecular complexity index is 1270. The molecule has 154 valence electrons. The summed E-state index contributed by atoms with van der Waals surface area (Å²) in [5.74, 6) is -0.458. The number of oxazole rings is 1. The molecule has 1 aliphatic heterocycles. The van der Waals surface area contributed by atoms with E-state index in [9.17, 15) is 9.59 Å². The van der Waals surface area contributed by atoms with E-state index in [1.54, 1.807) is 22.0 Å². The van der Waals surface area contributed by atoms with E-state index in [0.29, 0.717) is 25.0 Å². The van der Waals surface area contributed by atoms with Crippen LogP contribution in [-0.2, 0) is 11.3 Å². The number of hydrogen-bond acceptors (Lipinski definition) is 6. The van der Waals surface area contributed by atoms with Crippen molar-refractivity contribution in [3.63, 3.8) is 0 Å². The SMILES string of the molecule is O=C(CCCn1c(=O)oc2ccccc21)Nc1ccc2nc(N3CCCC3)sc2c1. The summed E-state index contributed by atoms with van der Waals surface area (Å²) in [6.07, 6.45) is 3.32. The molecule has 7 nitrogen and oxygen atoms in total. The number of para-hydroxylation sites is 2. The number of thiazole rings is 1. The third-order valence-electron chi connectivity index (χ3n) is 5.40. The van der Waals surface area contributed by atoms with Gasteiger partial charge in [0.25, 0.3) is 0 Å². The standard InChI is InChI=1S/C22H22N4O3S/c27-20(8-5-13-26-17-6-1-2-7-18(17)29-22(26)28)23-15-9-10-16-19(14-15)30-21(24-16)25-11-3-4-12-25/h1-2,6-7,9-10,14H,3-5,8,11-13H2,(H,23,27). The molecule has 0 atom stereocenters. The van der Waals surface area contributed by atoms with Gasteiger partial charge in [0.2, 0.25) is 5.91 Å². The molecule has 1 saturated heterocycles. The molecule has 3 heterocycles. The Morgan fingerprint density at radius 3 is 2.87 bits per heavy atom. The summed E-state index contributed by atoms with van der Waals surface area (Å²) in [6, 6.07) is 13.1. The minimum atomic E-state index is -0.388. The molecule has 1 amide bonds. The fraction of sp³-hybridized carbons (Fsp3) is 0.318. The molecule has 0 saturated carbocycles. The van der Waals surface area contributed by atoms with Gasteiger partial charge in [-0.1, -0.05) is 23.5 Å². The van der Waals surface area contributed by atoms with Crippen molar-refractivity contribution in [2.75, 3.05) is 23.3 Å².